The minimum atomic E-state index is -0.861. The highest BCUT2D eigenvalue weighted by Gasteiger charge is 2.70. The Morgan fingerprint density at radius 3 is 2.48 bits per heavy atom. The molecule has 0 radical (unpaired) electrons. The van der Waals surface area contributed by atoms with Crippen LogP contribution in [-0.4, -0.2) is 43.1 Å². The first kappa shape index (κ1) is 19.2. The number of ether oxygens (including phenoxy) is 4. The second kappa shape index (κ2) is 6.18. The van der Waals surface area contributed by atoms with E-state index in [0.29, 0.717) is 6.42 Å². The lowest BCUT2D eigenvalue weighted by molar-refractivity contribution is -0.318. The van der Waals surface area contributed by atoms with Crippen LogP contribution in [0.4, 0.5) is 0 Å². The van der Waals surface area contributed by atoms with Gasteiger partial charge in [0, 0.05) is 25.2 Å². The zero-order chi connectivity index (χ0) is 19.6. The van der Waals surface area contributed by atoms with Crippen LogP contribution < -0.4 is 0 Å². The summed E-state index contributed by atoms with van der Waals surface area (Å²) in [6, 6.07) is 0. The number of fused-ring (bicyclic) bond motifs is 3. The molecule has 0 amide bonds. The highest BCUT2D eigenvalue weighted by Crippen LogP contribution is 2.67. The fourth-order valence-electron chi connectivity index (χ4n) is 7.12. The van der Waals surface area contributed by atoms with E-state index in [0.717, 1.165) is 32.1 Å². The Balaban J connectivity index is 1.75. The Hall–Kier alpha value is -1.14. The number of methoxy groups -OCH3 is 1. The molecule has 1 spiro atoms. The molecule has 2 aliphatic carbocycles. The molecule has 6 heteroatoms. The quantitative estimate of drug-likeness (QED) is 0.685. The second-order valence-electron chi connectivity index (χ2n) is 9.84. The lowest BCUT2D eigenvalue weighted by Gasteiger charge is -2.64. The third-order valence-electron chi connectivity index (χ3n) is 7.78. The van der Waals surface area contributed by atoms with Gasteiger partial charge in [-0.25, -0.2) is 4.79 Å². The van der Waals surface area contributed by atoms with Crippen LogP contribution in [0.15, 0.2) is 0 Å². The normalized spacial score (nSPS) is 47.5. The van der Waals surface area contributed by atoms with Crippen LogP contribution in [0.3, 0.4) is 0 Å². The van der Waals surface area contributed by atoms with Crippen molar-refractivity contribution >= 4 is 11.9 Å². The predicted molar refractivity (Wildman–Crippen MR) is 96.6 cm³/mol. The fourth-order valence-corrected chi connectivity index (χ4v) is 7.12. The maximum Gasteiger partial charge on any atom is 0.337 e. The van der Waals surface area contributed by atoms with Gasteiger partial charge in [-0.2, -0.15) is 0 Å². The zero-order valence-electron chi connectivity index (χ0n) is 17.1. The summed E-state index contributed by atoms with van der Waals surface area (Å²) in [6.45, 7) is 8.37. The molecular formula is C21H32O6. The molecule has 0 aromatic carbocycles. The molecule has 27 heavy (non-hydrogen) atoms. The molecule has 152 valence electrons. The van der Waals surface area contributed by atoms with Crippen molar-refractivity contribution in [1.82, 2.24) is 0 Å². The molecule has 4 aliphatic rings. The van der Waals surface area contributed by atoms with Gasteiger partial charge in [0.25, 0.3) is 0 Å². The molecule has 0 aromatic heterocycles. The van der Waals surface area contributed by atoms with Gasteiger partial charge in [-0.15, -0.1) is 0 Å². The average Bonchev–Trinajstić information content (AvgIpc) is 2.83. The molecule has 0 N–H and O–H groups in total. The van der Waals surface area contributed by atoms with E-state index in [-0.39, 0.29) is 46.8 Å². The predicted octanol–water partition coefficient (Wildman–Crippen LogP) is 3.22. The van der Waals surface area contributed by atoms with E-state index >= 15 is 0 Å². The summed E-state index contributed by atoms with van der Waals surface area (Å²) in [4.78, 5) is 24.1. The highest BCUT2D eigenvalue weighted by molar-refractivity contribution is 5.75. The number of rotatable bonds is 2. The van der Waals surface area contributed by atoms with Crippen molar-refractivity contribution in [2.24, 2.45) is 22.7 Å². The first-order chi connectivity index (χ1) is 12.6. The maximum atomic E-state index is 12.2. The van der Waals surface area contributed by atoms with E-state index < -0.39 is 11.9 Å². The molecule has 0 aromatic rings. The Morgan fingerprint density at radius 2 is 1.81 bits per heavy atom. The molecule has 2 bridgehead atoms. The monoisotopic (exact) mass is 380 g/mol. The van der Waals surface area contributed by atoms with E-state index in [9.17, 15) is 9.59 Å². The van der Waals surface area contributed by atoms with Crippen LogP contribution in [-0.2, 0) is 28.5 Å². The van der Waals surface area contributed by atoms with Crippen molar-refractivity contribution in [2.45, 2.75) is 90.3 Å². The Labute approximate surface area is 161 Å². The standard InChI is InChI=1S/C21H32O6/c1-12(22)25-14-11-21-15(20(4)10-6-9-19(2,3)17(14)20)8-7-13(26-21)16(27-21)18(23)24-5/h13-17H,6-11H2,1-5H3/t13-,14+,15+,16-,17+,20-,21-/m1/s1. The average molecular weight is 380 g/mol. The minimum Gasteiger partial charge on any atom is -0.467 e. The Kier molecular flexibility index (Phi) is 4.39. The van der Waals surface area contributed by atoms with Crippen molar-refractivity contribution in [1.29, 1.82) is 0 Å². The first-order valence-corrected chi connectivity index (χ1v) is 10.2. The van der Waals surface area contributed by atoms with Crippen LogP contribution in [0, 0.1) is 22.7 Å². The van der Waals surface area contributed by atoms with Gasteiger partial charge >= 0.3 is 11.9 Å². The lowest BCUT2D eigenvalue weighted by Crippen LogP contribution is -2.65. The summed E-state index contributed by atoms with van der Waals surface area (Å²) in [6.07, 6.45) is 4.35. The molecule has 6 nitrogen and oxygen atoms in total. The van der Waals surface area contributed by atoms with Gasteiger partial charge < -0.3 is 18.9 Å². The van der Waals surface area contributed by atoms with Crippen molar-refractivity contribution < 1.29 is 28.5 Å². The summed E-state index contributed by atoms with van der Waals surface area (Å²) < 4.78 is 23.5. The number of hydrogen-bond donors (Lipinski definition) is 0. The third-order valence-corrected chi connectivity index (χ3v) is 7.78. The lowest BCUT2D eigenvalue weighted by atomic mass is 9.45. The highest BCUT2D eigenvalue weighted by atomic mass is 16.8. The summed E-state index contributed by atoms with van der Waals surface area (Å²) in [7, 11) is 1.38. The molecule has 4 fully saturated rings. The molecule has 7 atom stereocenters. The van der Waals surface area contributed by atoms with Crippen molar-refractivity contribution in [3.63, 3.8) is 0 Å². The van der Waals surface area contributed by atoms with Crippen molar-refractivity contribution in [3.8, 4) is 0 Å². The second-order valence-corrected chi connectivity index (χ2v) is 9.84. The van der Waals surface area contributed by atoms with Crippen LogP contribution in [0.1, 0.15) is 66.2 Å². The van der Waals surface area contributed by atoms with Gasteiger partial charge in [0.15, 0.2) is 11.9 Å². The summed E-state index contributed by atoms with van der Waals surface area (Å²) in [5.41, 5.74) is 0.0159. The molecule has 0 unspecified atom stereocenters. The molecule has 2 saturated carbocycles. The molecule has 2 saturated heterocycles. The van der Waals surface area contributed by atoms with E-state index in [1.54, 1.807) is 0 Å². The summed E-state index contributed by atoms with van der Waals surface area (Å²) >= 11 is 0. The van der Waals surface area contributed by atoms with E-state index in [1.165, 1.54) is 14.0 Å². The van der Waals surface area contributed by atoms with Crippen LogP contribution in [0.2, 0.25) is 0 Å². The third kappa shape index (κ3) is 2.74. The SMILES string of the molecule is COC(=O)[C@@H]1O[C@]23C[C@H](OC(C)=O)[C@H]4C(C)(C)CCC[C@]4(C)[C@@H]2CC[C@H]1O3. The smallest absolute Gasteiger partial charge is 0.337 e. The van der Waals surface area contributed by atoms with Gasteiger partial charge in [0.2, 0.25) is 0 Å². The van der Waals surface area contributed by atoms with Gasteiger partial charge in [0.05, 0.1) is 13.2 Å². The number of carbonyl (C=O) groups excluding carboxylic acids is 2. The maximum absolute atomic E-state index is 12.2. The Morgan fingerprint density at radius 1 is 1.07 bits per heavy atom. The number of carbonyl (C=O) groups is 2. The first-order valence-electron chi connectivity index (χ1n) is 10.2. The molecular weight excluding hydrogens is 348 g/mol. The molecule has 4 rings (SSSR count). The van der Waals surface area contributed by atoms with Gasteiger partial charge in [-0.05, 0) is 36.5 Å². The topological polar surface area (TPSA) is 71.1 Å². The van der Waals surface area contributed by atoms with Crippen LogP contribution in [0.5, 0.6) is 0 Å². The minimum absolute atomic E-state index is 0.0594. The van der Waals surface area contributed by atoms with E-state index in [2.05, 4.69) is 20.8 Å². The van der Waals surface area contributed by atoms with Gasteiger partial charge in [-0.1, -0.05) is 27.2 Å². The summed E-state index contributed by atoms with van der Waals surface area (Å²) in [5, 5.41) is 0. The van der Waals surface area contributed by atoms with Crippen LogP contribution >= 0.6 is 0 Å². The van der Waals surface area contributed by atoms with E-state index in [4.69, 9.17) is 18.9 Å². The molecule has 2 heterocycles. The van der Waals surface area contributed by atoms with E-state index in [1.807, 2.05) is 0 Å². The summed E-state index contributed by atoms with van der Waals surface area (Å²) in [5.74, 6) is -1.07. The Bertz CT molecular complexity index is 645. The number of hydrogen-bond acceptors (Lipinski definition) is 6. The van der Waals surface area contributed by atoms with Gasteiger partial charge in [0.1, 0.15) is 6.10 Å². The fraction of sp³-hybridized carbons (Fsp3) is 0.905. The van der Waals surface area contributed by atoms with Crippen molar-refractivity contribution in [2.75, 3.05) is 7.11 Å². The van der Waals surface area contributed by atoms with Gasteiger partial charge in [-0.3, -0.25) is 4.79 Å². The van der Waals surface area contributed by atoms with Crippen LogP contribution in [0.25, 0.3) is 0 Å². The number of esters is 2. The van der Waals surface area contributed by atoms with Crippen molar-refractivity contribution in [3.05, 3.63) is 0 Å². The largest absolute Gasteiger partial charge is 0.467 e. The zero-order valence-corrected chi connectivity index (χ0v) is 17.1. The molecule has 2 aliphatic heterocycles.